The van der Waals surface area contributed by atoms with Gasteiger partial charge in [0.1, 0.15) is 4.90 Å². The van der Waals surface area contributed by atoms with Crippen LogP contribution in [-0.2, 0) is 16.6 Å². The van der Waals surface area contributed by atoms with E-state index >= 15 is 0 Å². The summed E-state index contributed by atoms with van der Waals surface area (Å²) in [6.45, 7) is 3.83. The van der Waals surface area contributed by atoms with Crippen LogP contribution in [0.5, 0.6) is 0 Å². The number of hydrogen-bond acceptors (Lipinski definition) is 4. The van der Waals surface area contributed by atoms with E-state index in [4.69, 9.17) is 16.7 Å². The smallest absolute Gasteiger partial charge is 0.242 e. The van der Waals surface area contributed by atoms with Crippen molar-refractivity contribution >= 4 is 21.6 Å². The van der Waals surface area contributed by atoms with Crippen molar-refractivity contribution in [3.63, 3.8) is 0 Å². The summed E-state index contributed by atoms with van der Waals surface area (Å²) in [4.78, 5) is 2.29. The van der Waals surface area contributed by atoms with Gasteiger partial charge in [0.05, 0.1) is 11.6 Å². The second-order valence-corrected chi connectivity index (χ2v) is 7.32. The second kappa shape index (κ2) is 7.07. The van der Waals surface area contributed by atoms with Gasteiger partial charge in [-0.2, -0.15) is 0 Å². The number of rotatable bonds is 8. The molecule has 2 rings (SSSR count). The van der Waals surface area contributed by atoms with Gasteiger partial charge in [-0.15, -0.1) is 0 Å². The molecule has 0 aliphatic heterocycles. The highest BCUT2D eigenvalue weighted by Crippen LogP contribution is 2.26. The molecule has 1 aromatic carbocycles. The van der Waals surface area contributed by atoms with Gasteiger partial charge in [-0.1, -0.05) is 24.6 Å². The lowest BCUT2D eigenvalue weighted by molar-refractivity contribution is 0.281. The van der Waals surface area contributed by atoms with Gasteiger partial charge in [-0.3, -0.25) is 4.90 Å². The number of aliphatic hydroxyl groups is 1. The Kier molecular flexibility index (Phi) is 5.62. The first-order valence-electron chi connectivity index (χ1n) is 7.11. The number of benzene rings is 1. The van der Waals surface area contributed by atoms with Crippen LogP contribution >= 0.6 is 11.6 Å². The van der Waals surface area contributed by atoms with Crippen LogP contribution in [0.25, 0.3) is 0 Å². The van der Waals surface area contributed by atoms with Crippen molar-refractivity contribution in [2.24, 2.45) is 0 Å². The first-order valence-corrected chi connectivity index (χ1v) is 8.97. The number of likely N-dealkylation sites (N-methyl/N-ethyl adjacent to an activating group) is 1. The standard InChI is InChI=1S/C14H21ClN2O3S/c1-2-17(12-4-5-12)8-7-16-21(19,20)14-9-11(10-18)3-6-13(14)15/h3,6,9,12,16,18H,2,4-5,7-8,10H2,1H3. The predicted molar refractivity (Wildman–Crippen MR) is 82.8 cm³/mol. The van der Waals surface area contributed by atoms with Gasteiger partial charge in [-0.05, 0) is 37.1 Å². The van der Waals surface area contributed by atoms with Crippen molar-refractivity contribution in [2.45, 2.75) is 37.3 Å². The molecule has 7 heteroatoms. The van der Waals surface area contributed by atoms with E-state index in [9.17, 15) is 8.42 Å². The van der Waals surface area contributed by atoms with Crippen molar-refractivity contribution in [1.29, 1.82) is 0 Å². The minimum atomic E-state index is -3.65. The Morgan fingerprint density at radius 2 is 2.14 bits per heavy atom. The van der Waals surface area contributed by atoms with Gasteiger partial charge in [0.2, 0.25) is 10.0 Å². The Bertz CT molecular complexity index is 588. The molecule has 0 bridgehead atoms. The van der Waals surface area contributed by atoms with Crippen LogP contribution in [0.4, 0.5) is 0 Å². The van der Waals surface area contributed by atoms with Crippen LogP contribution in [0.2, 0.25) is 5.02 Å². The number of sulfonamides is 1. The van der Waals surface area contributed by atoms with E-state index in [1.165, 1.54) is 25.0 Å². The number of nitrogens with one attached hydrogen (secondary N) is 1. The topological polar surface area (TPSA) is 69.6 Å². The fourth-order valence-corrected chi connectivity index (χ4v) is 3.86. The fourth-order valence-electron chi connectivity index (χ4n) is 2.29. The van der Waals surface area contributed by atoms with Gasteiger partial charge in [-0.25, -0.2) is 13.1 Å². The zero-order chi connectivity index (χ0) is 15.5. The van der Waals surface area contributed by atoms with Crippen molar-refractivity contribution in [2.75, 3.05) is 19.6 Å². The Balaban J connectivity index is 2.00. The highest BCUT2D eigenvalue weighted by Gasteiger charge is 2.27. The van der Waals surface area contributed by atoms with Gasteiger partial charge >= 0.3 is 0 Å². The zero-order valence-electron chi connectivity index (χ0n) is 12.0. The van der Waals surface area contributed by atoms with Gasteiger partial charge in [0.25, 0.3) is 0 Å². The number of aliphatic hydroxyl groups excluding tert-OH is 1. The molecule has 0 atom stereocenters. The van der Waals surface area contributed by atoms with Crippen LogP contribution < -0.4 is 4.72 Å². The summed E-state index contributed by atoms with van der Waals surface area (Å²) in [6.07, 6.45) is 2.40. The molecule has 1 aromatic rings. The summed E-state index contributed by atoms with van der Waals surface area (Å²) < 4.78 is 27.1. The number of halogens is 1. The second-order valence-electron chi connectivity index (χ2n) is 5.18. The van der Waals surface area contributed by atoms with Crippen LogP contribution in [-0.4, -0.2) is 44.1 Å². The summed E-state index contributed by atoms with van der Waals surface area (Å²) >= 11 is 5.96. The molecule has 1 aliphatic carbocycles. The van der Waals surface area contributed by atoms with Crippen molar-refractivity contribution < 1.29 is 13.5 Å². The SMILES string of the molecule is CCN(CCNS(=O)(=O)c1cc(CO)ccc1Cl)C1CC1. The van der Waals surface area contributed by atoms with E-state index < -0.39 is 10.0 Å². The van der Waals surface area contributed by atoms with Crippen LogP contribution in [0.1, 0.15) is 25.3 Å². The average Bonchev–Trinajstić information content (AvgIpc) is 3.28. The first-order chi connectivity index (χ1) is 9.97. The van der Waals surface area contributed by atoms with Crippen molar-refractivity contribution in [3.8, 4) is 0 Å². The molecule has 118 valence electrons. The monoisotopic (exact) mass is 332 g/mol. The van der Waals surface area contributed by atoms with Gasteiger partial charge < -0.3 is 5.11 Å². The maximum absolute atomic E-state index is 12.3. The van der Waals surface area contributed by atoms with Gasteiger partial charge in [0.15, 0.2) is 0 Å². The van der Waals surface area contributed by atoms with E-state index in [2.05, 4.69) is 16.5 Å². The fraction of sp³-hybridized carbons (Fsp3) is 0.571. The molecule has 0 heterocycles. The normalized spacial score (nSPS) is 15.6. The third-order valence-electron chi connectivity index (χ3n) is 3.63. The molecular formula is C14H21ClN2O3S. The summed E-state index contributed by atoms with van der Waals surface area (Å²) in [5.74, 6) is 0. The highest BCUT2D eigenvalue weighted by atomic mass is 35.5. The van der Waals surface area contributed by atoms with E-state index in [1.54, 1.807) is 6.07 Å². The van der Waals surface area contributed by atoms with Gasteiger partial charge in [0, 0.05) is 19.1 Å². The average molecular weight is 333 g/mol. The molecule has 1 fully saturated rings. The van der Waals surface area contributed by atoms with E-state index in [0.717, 1.165) is 6.54 Å². The Morgan fingerprint density at radius 1 is 1.43 bits per heavy atom. The quantitative estimate of drug-likeness (QED) is 0.758. The summed E-state index contributed by atoms with van der Waals surface area (Å²) in [6, 6.07) is 5.11. The summed E-state index contributed by atoms with van der Waals surface area (Å²) in [5.41, 5.74) is 0.521. The molecule has 1 aliphatic rings. The molecule has 2 N–H and O–H groups in total. The molecular weight excluding hydrogens is 312 g/mol. The molecule has 0 spiro atoms. The molecule has 5 nitrogen and oxygen atoms in total. The number of nitrogens with zero attached hydrogens (tertiary/aromatic N) is 1. The lowest BCUT2D eigenvalue weighted by Gasteiger charge is -2.19. The van der Waals surface area contributed by atoms with E-state index in [1.807, 2.05) is 0 Å². The van der Waals surface area contributed by atoms with Crippen molar-refractivity contribution in [1.82, 2.24) is 9.62 Å². The lowest BCUT2D eigenvalue weighted by Crippen LogP contribution is -2.36. The molecule has 0 unspecified atom stereocenters. The van der Waals surface area contributed by atoms with Crippen molar-refractivity contribution in [3.05, 3.63) is 28.8 Å². The minimum Gasteiger partial charge on any atom is -0.392 e. The molecule has 1 saturated carbocycles. The summed E-state index contributed by atoms with van der Waals surface area (Å²) in [5, 5.41) is 9.26. The highest BCUT2D eigenvalue weighted by molar-refractivity contribution is 7.89. The first kappa shape index (κ1) is 16.7. The lowest BCUT2D eigenvalue weighted by atomic mass is 10.2. The van der Waals surface area contributed by atoms with E-state index in [-0.39, 0.29) is 16.5 Å². The maximum Gasteiger partial charge on any atom is 0.242 e. The maximum atomic E-state index is 12.3. The molecule has 0 amide bonds. The molecule has 0 aromatic heterocycles. The molecule has 0 saturated heterocycles. The molecule has 0 radical (unpaired) electrons. The Hall–Kier alpha value is -0.660. The van der Waals surface area contributed by atoms with E-state index in [0.29, 0.717) is 24.7 Å². The zero-order valence-corrected chi connectivity index (χ0v) is 13.6. The molecule has 21 heavy (non-hydrogen) atoms. The minimum absolute atomic E-state index is 0.0187. The third-order valence-corrected chi connectivity index (χ3v) is 5.57. The Labute approximate surface area is 131 Å². The Morgan fingerprint density at radius 3 is 2.71 bits per heavy atom. The van der Waals surface area contributed by atoms with Crippen LogP contribution in [0.3, 0.4) is 0 Å². The third kappa shape index (κ3) is 4.40. The number of hydrogen-bond donors (Lipinski definition) is 2. The van der Waals surface area contributed by atoms with Crippen LogP contribution in [0, 0.1) is 0 Å². The van der Waals surface area contributed by atoms with Crippen LogP contribution in [0.15, 0.2) is 23.1 Å². The summed E-state index contributed by atoms with van der Waals surface area (Å²) in [7, 11) is -3.65. The largest absolute Gasteiger partial charge is 0.392 e. The predicted octanol–water partition coefficient (Wildman–Crippen LogP) is 1.59.